The molecule has 3 nitrogen and oxygen atoms in total. The fraction of sp³-hybridized carbons (Fsp3) is 0.960. The molecule has 0 saturated heterocycles. The minimum Gasteiger partial charge on any atom is -0.352 e. The highest BCUT2D eigenvalue weighted by Crippen LogP contribution is 2.69. The Hall–Kier alpha value is -0.730. The highest BCUT2D eigenvalue weighted by molar-refractivity contribution is 5.71. The monoisotopic (exact) mass is 388 g/mol. The van der Waals surface area contributed by atoms with Crippen LogP contribution >= 0.6 is 0 Å². The van der Waals surface area contributed by atoms with E-state index in [1.165, 1.54) is 70.6 Å². The Balaban J connectivity index is 1.49. The van der Waals surface area contributed by atoms with E-state index in [9.17, 15) is 4.79 Å². The maximum Gasteiger partial charge on any atom is 0.312 e. The lowest BCUT2D eigenvalue weighted by Gasteiger charge is -2.62. The fourth-order valence-corrected chi connectivity index (χ4v) is 9.16. The molecule has 4 aliphatic rings. The van der Waals surface area contributed by atoms with Crippen LogP contribution in [0.3, 0.4) is 0 Å². The van der Waals surface area contributed by atoms with Crippen LogP contribution in [-0.4, -0.2) is 12.6 Å². The summed E-state index contributed by atoms with van der Waals surface area (Å²) in [6.07, 6.45) is 17.1. The van der Waals surface area contributed by atoms with Crippen LogP contribution in [0.15, 0.2) is 0 Å². The van der Waals surface area contributed by atoms with Crippen molar-refractivity contribution in [1.29, 1.82) is 0 Å². The predicted molar refractivity (Wildman–Crippen MR) is 116 cm³/mol. The predicted octanol–water partition coefficient (Wildman–Crippen LogP) is 6.12. The van der Waals surface area contributed by atoms with Crippen molar-refractivity contribution in [1.82, 2.24) is 5.32 Å². The maximum absolute atomic E-state index is 11.0. The van der Waals surface area contributed by atoms with E-state index in [1.54, 1.807) is 0 Å². The molecule has 3 N–H and O–H groups in total. The van der Waals surface area contributed by atoms with E-state index in [0.29, 0.717) is 10.8 Å². The van der Waals surface area contributed by atoms with Crippen LogP contribution < -0.4 is 11.1 Å². The van der Waals surface area contributed by atoms with Crippen LogP contribution in [0.5, 0.6) is 0 Å². The Labute approximate surface area is 173 Å². The molecule has 4 fully saturated rings. The number of hydrogen-bond donors (Lipinski definition) is 2. The normalized spacial score (nSPS) is 47.7. The number of nitrogens with one attached hydrogen (secondary N) is 1. The standard InChI is InChI=1S/C25H44N2O/c1-4-17-16-19-21-11-10-18(8-7-15-27-23(26)28)24(21,2)14-12-22(19)25(3)13-6-5-9-20(17)25/h17-22H,4-16H2,1-3H3,(H3,26,27,28)/t17-,18?,19-,20-,21?,22?,24+,25-/m0/s1. The summed E-state index contributed by atoms with van der Waals surface area (Å²) in [5, 5.41) is 2.79. The number of amides is 2. The zero-order valence-corrected chi connectivity index (χ0v) is 18.6. The molecule has 0 radical (unpaired) electrons. The molecular formula is C25H44N2O. The summed E-state index contributed by atoms with van der Waals surface area (Å²) in [6, 6.07) is -0.376. The van der Waals surface area contributed by atoms with Crippen molar-refractivity contribution in [2.45, 2.75) is 97.8 Å². The topological polar surface area (TPSA) is 55.1 Å². The molecule has 0 aliphatic heterocycles. The van der Waals surface area contributed by atoms with Gasteiger partial charge in [0.25, 0.3) is 0 Å². The van der Waals surface area contributed by atoms with Crippen molar-refractivity contribution >= 4 is 6.03 Å². The molecule has 0 aromatic heterocycles. The molecular weight excluding hydrogens is 344 g/mol. The van der Waals surface area contributed by atoms with Gasteiger partial charge in [-0.15, -0.1) is 0 Å². The third-order valence-electron chi connectivity index (χ3n) is 10.5. The molecule has 3 unspecified atom stereocenters. The van der Waals surface area contributed by atoms with Crippen molar-refractivity contribution in [3.63, 3.8) is 0 Å². The largest absolute Gasteiger partial charge is 0.352 e. The van der Waals surface area contributed by atoms with Gasteiger partial charge in [0.05, 0.1) is 0 Å². The summed E-state index contributed by atoms with van der Waals surface area (Å²) in [7, 11) is 0. The van der Waals surface area contributed by atoms with E-state index in [1.807, 2.05) is 0 Å². The molecule has 0 aromatic carbocycles. The Bertz CT molecular complexity index is 577. The van der Waals surface area contributed by atoms with Crippen LogP contribution in [0.2, 0.25) is 0 Å². The van der Waals surface area contributed by atoms with E-state index < -0.39 is 0 Å². The third-order valence-corrected chi connectivity index (χ3v) is 10.5. The van der Waals surface area contributed by atoms with Crippen LogP contribution in [0.25, 0.3) is 0 Å². The van der Waals surface area contributed by atoms with Gasteiger partial charge >= 0.3 is 6.03 Å². The average Bonchev–Trinajstić information content (AvgIpc) is 3.00. The SMILES string of the molecule is CC[C@H]1C[C@H]2C3CCC(CCCNC(N)=O)[C@@]3(C)CCC2[C@@]2(C)CCCC[C@@H]12. The highest BCUT2D eigenvalue weighted by atomic mass is 16.2. The number of fused-ring (bicyclic) bond motifs is 5. The number of hydrogen-bond acceptors (Lipinski definition) is 1. The number of rotatable bonds is 5. The van der Waals surface area contributed by atoms with E-state index in [-0.39, 0.29) is 6.03 Å². The molecule has 2 amide bonds. The number of nitrogens with two attached hydrogens (primary N) is 1. The van der Waals surface area contributed by atoms with Gasteiger partial charge in [-0.05, 0) is 104 Å². The summed E-state index contributed by atoms with van der Waals surface area (Å²) in [6.45, 7) is 8.56. The van der Waals surface area contributed by atoms with Gasteiger partial charge in [-0.25, -0.2) is 4.79 Å². The first kappa shape index (κ1) is 20.5. The molecule has 8 atom stereocenters. The number of primary amides is 1. The molecule has 4 saturated carbocycles. The second-order valence-electron chi connectivity index (χ2n) is 11.4. The van der Waals surface area contributed by atoms with Gasteiger partial charge in [0.15, 0.2) is 0 Å². The minimum atomic E-state index is -0.376. The second kappa shape index (κ2) is 7.84. The van der Waals surface area contributed by atoms with E-state index in [4.69, 9.17) is 5.73 Å². The van der Waals surface area contributed by atoms with Crippen LogP contribution in [0.1, 0.15) is 97.8 Å². The lowest BCUT2D eigenvalue weighted by molar-refractivity contribution is -0.135. The summed E-state index contributed by atoms with van der Waals surface area (Å²) < 4.78 is 0. The molecule has 160 valence electrons. The van der Waals surface area contributed by atoms with E-state index in [2.05, 4.69) is 26.1 Å². The Morgan fingerprint density at radius 2 is 1.79 bits per heavy atom. The maximum atomic E-state index is 11.0. The molecule has 0 spiro atoms. The van der Waals surface area contributed by atoms with Gasteiger partial charge in [-0.2, -0.15) is 0 Å². The van der Waals surface area contributed by atoms with Crippen molar-refractivity contribution in [3.05, 3.63) is 0 Å². The van der Waals surface area contributed by atoms with Gasteiger partial charge < -0.3 is 11.1 Å². The quantitative estimate of drug-likeness (QED) is 0.548. The van der Waals surface area contributed by atoms with Gasteiger partial charge in [0.1, 0.15) is 0 Å². The Morgan fingerprint density at radius 1 is 1.00 bits per heavy atom. The average molecular weight is 389 g/mol. The smallest absolute Gasteiger partial charge is 0.312 e. The summed E-state index contributed by atoms with van der Waals surface area (Å²) in [4.78, 5) is 11.0. The van der Waals surface area contributed by atoms with Crippen molar-refractivity contribution in [3.8, 4) is 0 Å². The van der Waals surface area contributed by atoms with Crippen LogP contribution in [0.4, 0.5) is 4.79 Å². The van der Waals surface area contributed by atoms with Crippen molar-refractivity contribution < 1.29 is 4.79 Å². The molecule has 0 bridgehead atoms. The van der Waals surface area contributed by atoms with E-state index >= 15 is 0 Å². The van der Waals surface area contributed by atoms with Gasteiger partial charge in [0.2, 0.25) is 0 Å². The fourth-order valence-electron chi connectivity index (χ4n) is 9.16. The lowest BCUT2D eigenvalue weighted by Crippen LogP contribution is -2.55. The van der Waals surface area contributed by atoms with Crippen molar-refractivity contribution in [2.75, 3.05) is 6.54 Å². The summed E-state index contributed by atoms with van der Waals surface area (Å²) >= 11 is 0. The van der Waals surface area contributed by atoms with Crippen LogP contribution in [0, 0.1) is 46.3 Å². The lowest BCUT2D eigenvalue weighted by atomic mass is 9.42. The first-order valence-electron chi connectivity index (χ1n) is 12.4. The summed E-state index contributed by atoms with van der Waals surface area (Å²) in [5.74, 6) is 5.77. The number of urea groups is 1. The van der Waals surface area contributed by atoms with E-state index in [0.717, 1.165) is 48.5 Å². The first-order valence-corrected chi connectivity index (χ1v) is 12.4. The second-order valence-corrected chi connectivity index (χ2v) is 11.4. The highest BCUT2D eigenvalue weighted by Gasteiger charge is 2.60. The summed E-state index contributed by atoms with van der Waals surface area (Å²) in [5.41, 5.74) is 6.41. The molecule has 28 heavy (non-hydrogen) atoms. The minimum absolute atomic E-state index is 0.376. The number of carbonyl (C=O) groups excluding carboxylic acids is 1. The molecule has 0 aromatic rings. The zero-order chi connectivity index (χ0) is 19.9. The Kier molecular flexibility index (Phi) is 5.75. The van der Waals surface area contributed by atoms with Crippen LogP contribution in [-0.2, 0) is 0 Å². The van der Waals surface area contributed by atoms with Crippen molar-refractivity contribution in [2.24, 2.45) is 52.1 Å². The molecule has 0 heterocycles. The Morgan fingerprint density at radius 3 is 2.54 bits per heavy atom. The number of carbonyl (C=O) groups is 1. The molecule has 3 heteroatoms. The van der Waals surface area contributed by atoms with Gasteiger partial charge in [-0.3, -0.25) is 0 Å². The zero-order valence-electron chi connectivity index (χ0n) is 18.6. The first-order chi connectivity index (χ1) is 13.4. The van der Waals surface area contributed by atoms with Gasteiger partial charge in [0, 0.05) is 6.54 Å². The van der Waals surface area contributed by atoms with Gasteiger partial charge in [-0.1, -0.05) is 40.0 Å². The molecule has 4 rings (SSSR count). The third kappa shape index (κ3) is 3.29. The molecule has 4 aliphatic carbocycles.